The highest BCUT2D eigenvalue weighted by atomic mass is 35.5. The van der Waals surface area contributed by atoms with Crippen molar-refractivity contribution in [3.8, 4) is 0 Å². The predicted molar refractivity (Wildman–Crippen MR) is 94.6 cm³/mol. The number of carbonyl (C=O) groups excluding carboxylic acids is 1. The largest absolute Gasteiger partial charge is 0.332 e. The van der Waals surface area contributed by atoms with Crippen molar-refractivity contribution in [2.45, 2.75) is 26.3 Å². The Morgan fingerprint density at radius 3 is 2.62 bits per heavy atom. The van der Waals surface area contributed by atoms with Gasteiger partial charge in [-0.1, -0.05) is 32.0 Å². The quantitative estimate of drug-likeness (QED) is 0.722. The van der Waals surface area contributed by atoms with Crippen molar-refractivity contribution in [3.63, 3.8) is 0 Å². The van der Waals surface area contributed by atoms with Crippen molar-refractivity contribution >= 4 is 17.5 Å². The van der Waals surface area contributed by atoms with Crippen molar-refractivity contribution in [3.05, 3.63) is 47.5 Å². The molecule has 2 rings (SSSR count). The SMILES string of the molecule is C=CC(=O)N(Cc1nn(C)cc1Cl)CC(c1ccnn1C)C(C)C. The maximum atomic E-state index is 12.4. The van der Waals surface area contributed by atoms with Gasteiger partial charge in [0.1, 0.15) is 5.69 Å². The molecule has 6 nitrogen and oxygen atoms in total. The molecule has 2 aromatic rings. The van der Waals surface area contributed by atoms with Gasteiger partial charge < -0.3 is 4.90 Å². The molecule has 0 fully saturated rings. The summed E-state index contributed by atoms with van der Waals surface area (Å²) in [6.07, 6.45) is 4.84. The Morgan fingerprint density at radius 1 is 1.46 bits per heavy atom. The molecule has 1 unspecified atom stereocenters. The van der Waals surface area contributed by atoms with Gasteiger partial charge >= 0.3 is 0 Å². The number of carbonyl (C=O) groups is 1. The second-order valence-corrected chi connectivity index (χ2v) is 6.66. The zero-order chi connectivity index (χ0) is 17.9. The van der Waals surface area contributed by atoms with E-state index in [1.807, 2.05) is 24.8 Å². The van der Waals surface area contributed by atoms with E-state index in [1.165, 1.54) is 6.08 Å². The van der Waals surface area contributed by atoms with Gasteiger partial charge in [0.05, 0.1) is 11.6 Å². The second kappa shape index (κ2) is 7.66. The summed E-state index contributed by atoms with van der Waals surface area (Å²) in [5.41, 5.74) is 1.78. The molecule has 0 bridgehead atoms. The molecular formula is C17H24ClN5O. The van der Waals surface area contributed by atoms with E-state index in [0.29, 0.717) is 29.7 Å². The molecule has 1 amide bonds. The standard InChI is InChI=1S/C17H24ClN5O/c1-6-17(24)23(11-15-14(18)10-21(4)20-15)9-13(12(2)3)16-7-8-19-22(16)5/h6-8,10,12-13H,1,9,11H2,2-5H3. The summed E-state index contributed by atoms with van der Waals surface area (Å²) in [5, 5.41) is 9.14. The molecule has 2 aromatic heterocycles. The van der Waals surface area contributed by atoms with Gasteiger partial charge in [-0.3, -0.25) is 14.2 Å². The smallest absolute Gasteiger partial charge is 0.246 e. The maximum Gasteiger partial charge on any atom is 0.246 e. The van der Waals surface area contributed by atoms with Crippen LogP contribution in [-0.4, -0.2) is 36.9 Å². The van der Waals surface area contributed by atoms with E-state index in [-0.39, 0.29) is 11.8 Å². The second-order valence-electron chi connectivity index (χ2n) is 6.25. The minimum absolute atomic E-state index is 0.135. The molecule has 130 valence electrons. The zero-order valence-corrected chi connectivity index (χ0v) is 15.4. The highest BCUT2D eigenvalue weighted by Gasteiger charge is 2.25. The maximum absolute atomic E-state index is 12.4. The topological polar surface area (TPSA) is 56.0 Å². The first-order chi connectivity index (χ1) is 11.3. The van der Waals surface area contributed by atoms with Crippen LogP contribution in [0, 0.1) is 5.92 Å². The van der Waals surface area contributed by atoms with Crippen molar-refractivity contribution in [1.29, 1.82) is 0 Å². The third-order valence-electron chi connectivity index (χ3n) is 4.14. The van der Waals surface area contributed by atoms with Crippen LogP contribution in [0.1, 0.15) is 31.2 Å². The lowest BCUT2D eigenvalue weighted by molar-refractivity contribution is -0.127. The van der Waals surface area contributed by atoms with Crippen molar-refractivity contribution in [2.75, 3.05) is 6.54 Å². The predicted octanol–water partition coefficient (Wildman–Crippen LogP) is 2.76. The molecule has 0 radical (unpaired) electrons. The van der Waals surface area contributed by atoms with E-state index in [4.69, 9.17) is 11.6 Å². The number of amides is 1. The van der Waals surface area contributed by atoms with Crippen LogP contribution in [0.4, 0.5) is 0 Å². The van der Waals surface area contributed by atoms with Crippen molar-refractivity contribution in [1.82, 2.24) is 24.5 Å². The molecule has 0 N–H and O–H groups in total. The average Bonchev–Trinajstić information content (AvgIpc) is 3.07. The fourth-order valence-corrected chi connectivity index (χ4v) is 3.02. The Labute approximate surface area is 147 Å². The lowest BCUT2D eigenvalue weighted by Gasteiger charge is -2.29. The zero-order valence-electron chi connectivity index (χ0n) is 14.6. The summed E-state index contributed by atoms with van der Waals surface area (Å²) in [6.45, 7) is 8.80. The first kappa shape index (κ1) is 18.3. The summed E-state index contributed by atoms with van der Waals surface area (Å²) in [4.78, 5) is 14.1. The highest BCUT2D eigenvalue weighted by molar-refractivity contribution is 6.31. The Morgan fingerprint density at radius 2 is 2.17 bits per heavy atom. The monoisotopic (exact) mass is 349 g/mol. The fraction of sp³-hybridized carbons (Fsp3) is 0.471. The first-order valence-corrected chi connectivity index (χ1v) is 8.28. The van der Waals surface area contributed by atoms with Gasteiger partial charge in [-0.05, 0) is 18.1 Å². The summed E-state index contributed by atoms with van der Waals surface area (Å²) in [5.74, 6) is 0.369. The number of nitrogens with zero attached hydrogens (tertiary/aromatic N) is 5. The van der Waals surface area contributed by atoms with Gasteiger partial charge in [0.25, 0.3) is 0 Å². The van der Waals surface area contributed by atoms with Crippen molar-refractivity contribution < 1.29 is 4.79 Å². The molecule has 24 heavy (non-hydrogen) atoms. The Hall–Kier alpha value is -2.08. The first-order valence-electron chi connectivity index (χ1n) is 7.90. The van der Waals surface area contributed by atoms with Gasteiger partial charge in [0.15, 0.2) is 0 Å². The normalized spacial score (nSPS) is 12.4. The van der Waals surface area contributed by atoms with Crippen LogP contribution in [0.3, 0.4) is 0 Å². The summed E-state index contributed by atoms with van der Waals surface area (Å²) < 4.78 is 3.50. The summed E-state index contributed by atoms with van der Waals surface area (Å²) >= 11 is 6.20. The van der Waals surface area contributed by atoms with Crippen LogP contribution in [0.15, 0.2) is 31.1 Å². The van der Waals surface area contributed by atoms with E-state index in [1.54, 1.807) is 22.0 Å². The van der Waals surface area contributed by atoms with Crippen LogP contribution >= 0.6 is 11.6 Å². The lowest BCUT2D eigenvalue weighted by Crippen LogP contribution is -2.35. The van der Waals surface area contributed by atoms with E-state index < -0.39 is 0 Å². The van der Waals surface area contributed by atoms with Gasteiger partial charge in [-0.25, -0.2) is 0 Å². The van der Waals surface area contributed by atoms with Crippen LogP contribution in [0.25, 0.3) is 0 Å². The van der Waals surface area contributed by atoms with Crippen LogP contribution < -0.4 is 0 Å². The molecule has 0 saturated carbocycles. The van der Waals surface area contributed by atoms with Gasteiger partial charge in [0.2, 0.25) is 5.91 Å². The molecule has 0 aliphatic carbocycles. The lowest BCUT2D eigenvalue weighted by atomic mass is 9.91. The molecule has 1 atom stereocenters. The Balaban J connectivity index is 2.27. The average molecular weight is 350 g/mol. The van der Waals surface area contributed by atoms with Gasteiger partial charge in [-0.2, -0.15) is 10.2 Å². The highest BCUT2D eigenvalue weighted by Crippen LogP contribution is 2.26. The van der Waals surface area contributed by atoms with E-state index >= 15 is 0 Å². The van der Waals surface area contributed by atoms with Crippen LogP contribution in [-0.2, 0) is 25.4 Å². The number of aromatic nitrogens is 4. The van der Waals surface area contributed by atoms with Crippen LogP contribution in [0.5, 0.6) is 0 Å². The molecule has 0 saturated heterocycles. The third kappa shape index (κ3) is 4.06. The minimum Gasteiger partial charge on any atom is -0.332 e. The number of hydrogen-bond donors (Lipinski definition) is 0. The van der Waals surface area contributed by atoms with Gasteiger partial charge in [0, 0.05) is 44.6 Å². The van der Waals surface area contributed by atoms with E-state index in [2.05, 4.69) is 30.6 Å². The van der Waals surface area contributed by atoms with E-state index in [9.17, 15) is 4.79 Å². The number of hydrogen-bond acceptors (Lipinski definition) is 3. The number of halogens is 1. The minimum atomic E-state index is -0.135. The van der Waals surface area contributed by atoms with Gasteiger partial charge in [-0.15, -0.1) is 0 Å². The Kier molecular flexibility index (Phi) is 5.83. The van der Waals surface area contributed by atoms with Crippen molar-refractivity contribution in [2.24, 2.45) is 20.0 Å². The molecule has 0 aliphatic rings. The molecule has 0 aromatic carbocycles. The number of aryl methyl sites for hydroxylation is 2. The summed E-state index contributed by atoms with van der Waals surface area (Å²) in [7, 11) is 3.72. The third-order valence-corrected chi connectivity index (χ3v) is 4.46. The Bertz CT molecular complexity index is 718. The molecular weight excluding hydrogens is 326 g/mol. The molecule has 7 heteroatoms. The number of rotatable bonds is 7. The fourth-order valence-electron chi connectivity index (χ4n) is 2.79. The molecule has 2 heterocycles. The van der Waals surface area contributed by atoms with E-state index in [0.717, 1.165) is 5.69 Å². The molecule has 0 aliphatic heterocycles. The van der Waals surface area contributed by atoms with Crippen LogP contribution in [0.2, 0.25) is 5.02 Å². The molecule has 0 spiro atoms. The summed E-state index contributed by atoms with van der Waals surface area (Å²) in [6, 6.07) is 2.00.